The molecule has 0 atom stereocenters. The molecule has 0 spiro atoms. The number of rotatable bonds is 2. The summed E-state index contributed by atoms with van der Waals surface area (Å²) in [5.41, 5.74) is 0.641. The Hall–Kier alpha value is 0.420. The molecule has 0 heterocycles. The van der Waals surface area contributed by atoms with Gasteiger partial charge in [0.1, 0.15) is 0 Å². The van der Waals surface area contributed by atoms with Crippen molar-refractivity contribution in [1.82, 2.24) is 0 Å². The molecule has 13 heavy (non-hydrogen) atoms. The monoisotopic (exact) mass is 228 g/mol. The number of primary sulfonamides is 1. The summed E-state index contributed by atoms with van der Waals surface area (Å²) in [5, 5.41) is 5.42. The number of sulfonamides is 1. The zero-order valence-electron chi connectivity index (χ0n) is 7.20. The Bertz CT molecular complexity index is 363. The molecule has 0 aromatic heterocycles. The van der Waals surface area contributed by atoms with Gasteiger partial charge in [0.25, 0.3) is 0 Å². The molecule has 0 unspecified atom stereocenters. The number of nitrogens with two attached hydrogens (primary N) is 1. The van der Waals surface area contributed by atoms with Gasteiger partial charge in [-0.15, -0.1) is 0 Å². The van der Waals surface area contributed by atoms with Crippen LogP contribution < -0.4 is 5.14 Å². The maximum absolute atomic E-state index is 10.6. The predicted molar refractivity (Wildman–Crippen MR) is 54.0 cm³/mol. The molecule has 67 valence electrons. The topological polar surface area (TPSA) is 60.2 Å². The fourth-order valence-corrected chi connectivity index (χ4v) is 1.60. The maximum Gasteiger partial charge on any atom is 0.213 e. The first kappa shape index (κ1) is 13.4. The van der Waals surface area contributed by atoms with Crippen molar-refractivity contribution < 1.29 is 8.42 Å². The molecule has 0 bridgehead atoms. The Balaban J connectivity index is 0.00000144. The molecule has 0 saturated carbocycles. The first-order chi connectivity index (χ1) is 5.47. The van der Waals surface area contributed by atoms with E-state index in [0.717, 1.165) is 0 Å². The summed E-state index contributed by atoms with van der Waals surface area (Å²) in [6.45, 7) is 0. The zero-order chi connectivity index (χ0) is 9.19. The van der Waals surface area contributed by atoms with Crippen LogP contribution in [0.5, 0.6) is 0 Å². The smallest absolute Gasteiger partial charge is 0.213 e. The van der Waals surface area contributed by atoms with Crippen LogP contribution in [0.4, 0.5) is 0 Å². The van der Waals surface area contributed by atoms with E-state index in [2.05, 4.69) is 0 Å². The van der Waals surface area contributed by atoms with Gasteiger partial charge < -0.3 is 0 Å². The van der Waals surface area contributed by atoms with Crippen molar-refractivity contribution >= 4 is 51.2 Å². The van der Waals surface area contributed by atoms with Crippen LogP contribution in [0, 0.1) is 0 Å². The number of hydrogen-bond donors (Lipinski definition) is 1. The Morgan fingerprint density at radius 2 is 1.69 bits per heavy atom. The molecule has 0 saturated heterocycles. The van der Waals surface area contributed by atoms with Crippen molar-refractivity contribution in [2.75, 3.05) is 0 Å². The molecule has 6 heteroatoms. The number of hydrogen-bond acceptors (Lipinski definition) is 2. The third-order valence-corrected chi connectivity index (χ3v) is 2.27. The van der Waals surface area contributed by atoms with E-state index in [-0.39, 0.29) is 35.3 Å². The molecule has 1 radical (unpaired) electrons. The maximum atomic E-state index is 10.6. The first-order valence-corrected chi connectivity index (χ1v) is 5.31. The van der Waals surface area contributed by atoms with E-state index in [1.165, 1.54) is 0 Å². The van der Waals surface area contributed by atoms with E-state index in [0.29, 0.717) is 10.6 Å². The van der Waals surface area contributed by atoms with E-state index in [4.69, 9.17) is 16.7 Å². The van der Waals surface area contributed by atoms with Gasteiger partial charge in [-0.1, -0.05) is 23.7 Å². The van der Waals surface area contributed by atoms with Gasteiger partial charge in [0.05, 0.1) is 5.75 Å². The van der Waals surface area contributed by atoms with Crippen LogP contribution in [0.25, 0.3) is 0 Å². The van der Waals surface area contributed by atoms with Crippen LogP contribution in [0.3, 0.4) is 0 Å². The normalized spacial score (nSPS) is 10.6. The Morgan fingerprint density at radius 3 is 2.08 bits per heavy atom. The summed E-state index contributed by atoms with van der Waals surface area (Å²) in [5.74, 6) is -0.149. The second-order valence-electron chi connectivity index (χ2n) is 2.43. The minimum absolute atomic E-state index is 0. The van der Waals surface area contributed by atoms with Gasteiger partial charge in [0.15, 0.2) is 0 Å². The molecule has 0 aliphatic rings. The van der Waals surface area contributed by atoms with Gasteiger partial charge in [-0.3, -0.25) is 0 Å². The Morgan fingerprint density at radius 1 is 1.23 bits per heavy atom. The van der Waals surface area contributed by atoms with Crippen molar-refractivity contribution in [3.63, 3.8) is 0 Å². The predicted octanol–water partition coefficient (Wildman–Crippen LogP) is 0.748. The van der Waals surface area contributed by atoms with E-state index in [9.17, 15) is 8.42 Å². The van der Waals surface area contributed by atoms with E-state index < -0.39 is 10.0 Å². The molecule has 1 aromatic rings. The van der Waals surface area contributed by atoms with Crippen LogP contribution in [-0.2, 0) is 15.8 Å². The van der Waals surface area contributed by atoms with Gasteiger partial charge >= 0.3 is 0 Å². The van der Waals surface area contributed by atoms with Crippen LogP contribution in [0.1, 0.15) is 5.56 Å². The fraction of sp³-hybridized carbons (Fsp3) is 0.143. The molecule has 0 amide bonds. The number of benzene rings is 1. The summed E-state index contributed by atoms with van der Waals surface area (Å²) in [4.78, 5) is 0. The first-order valence-electron chi connectivity index (χ1n) is 3.22. The van der Waals surface area contributed by atoms with Crippen LogP contribution in [0.15, 0.2) is 24.3 Å². The molecule has 1 rings (SSSR count). The third-order valence-electron chi connectivity index (χ3n) is 1.28. The average molecular weight is 229 g/mol. The molecule has 0 aliphatic heterocycles. The summed E-state index contributed by atoms with van der Waals surface area (Å²) < 4.78 is 21.3. The van der Waals surface area contributed by atoms with Gasteiger partial charge in [-0.2, -0.15) is 0 Å². The summed E-state index contributed by atoms with van der Waals surface area (Å²) in [6, 6.07) is 6.52. The summed E-state index contributed by atoms with van der Waals surface area (Å²) in [6.07, 6.45) is 0. The largest absolute Gasteiger partial charge is 0.228 e. The van der Waals surface area contributed by atoms with Gasteiger partial charge in [0.2, 0.25) is 10.0 Å². The van der Waals surface area contributed by atoms with E-state index >= 15 is 0 Å². The molecular weight excluding hydrogens is 221 g/mol. The van der Waals surface area contributed by atoms with Gasteiger partial charge in [-0.05, 0) is 17.7 Å². The Labute approximate surface area is 105 Å². The van der Waals surface area contributed by atoms with Crippen molar-refractivity contribution in [2.45, 2.75) is 5.75 Å². The van der Waals surface area contributed by atoms with Crippen LogP contribution in [-0.4, -0.2) is 38.0 Å². The summed E-state index contributed by atoms with van der Waals surface area (Å²) >= 11 is 5.60. The minimum Gasteiger partial charge on any atom is -0.228 e. The molecule has 0 aliphatic carbocycles. The summed E-state index contributed by atoms with van der Waals surface area (Å²) in [7, 11) is -3.43. The molecule has 3 nitrogen and oxygen atoms in total. The molecular formula is C7H8ClNNaO2S. The van der Waals surface area contributed by atoms with Gasteiger partial charge in [-0.25, -0.2) is 13.6 Å². The SMILES string of the molecule is NS(=O)(=O)Cc1ccc(Cl)cc1.[Na]. The third kappa shape index (κ3) is 5.67. The molecule has 0 fully saturated rings. The zero-order valence-corrected chi connectivity index (χ0v) is 10.8. The number of halogens is 1. The average Bonchev–Trinajstić information content (AvgIpc) is 1.91. The standard InChI is InChI=1S/C7H8ClNO2S.Na/c8-7-3-1-6(2-4-7)5-12(9,10)11;/h1-4H,5H2,(H2,9,10,11);. The second-order valence-corrected chi connectivity index (χ2v) is 4.48. The minimum atomic E-state index is -3.43. The van der Waals surface area contributed by atoms with Crippen LogP contribution in [0.2, 0.25) is 5.02 Å². The van der Waals surface area contributed by atoms with Crippen molar-refractivity contribution in [1.29, 1.82) is 0 Å². The molecule has 2 N–H and O–H groups in total. The van der Waals surface area contributed by atoms with Gasteiger partial charge in [0, 0.05) is 34.6 Å². The van der Waals surface area contributed by atoms with E-state index in [1.54, 1.807) is 24.3 Å². The van der Waals surface area contributed by atoms with Crippen LogP contribution >= 0.6 is 11.6 Å². The van der Waals surface area contributed by atoms with Crippen molar-refractivity contribution in [3.05, 3.63) is 34.9 Å². The molecule has 1 aromatic carbocycles. The Kier molecular flexibility index (Phi) is 5.51. The second kappa shape index (κ2) is 5.34. The van der Waals surface area contributed by atoms with Crippen molar-refractivity contribution in [2.24, 2.45) is 5.14 Å². The van der Waals surface area contributed by atoms with Crippen molar-refractivity contribution in [3.8, 4) is 0 Å². The fourth-order valence-electron chi connectivity index (χ4n) is 0.813. The quantitative estimate of drug-likeness (QED) is 0.760. The van der Waals surface area contributed by atoms with E-state index in [1.807, 2.05) is 0 Å².